The van der Waals surface area contributed by atoms with E-state index in [1.54, 1.807) is 6.33 Å². The molecule has 1 aromatic rings. The minimum absolute atomic E-state index is 0.00171. The lowest BCUT2D eigenvalue weighted by Crippen LogP contribution is -2.46. The molecule has 1 unspecified atom stereocenters. The quantitative estimate of drug-likeness (QED) is 0.823. The Hall–Kier alpha value is -1.08. The Bertz CT molecular complexity index is 475. The summed E-state index contributed by atoms with van der Waals surface area (Å²) in [7, 11) is 0. The molecule has 20 heavy (non-hydrogen) atoms. The Morgan fingerprint density at radius 3 is 3.00 bits per heavy atom. The van der Waals surface area contributed by atoms with Crippen LogP contribution in [0.15, 0.2) is 11.5 Å². The van der Waals surface area contributed by atoms with Crippen molar-refractivity contribution in [2.75, 3.05) is 18.9 Å². The van der Waals surface area contributed by atoms with Gasteiger partial charge in [0, 0.05) is 12.6 Å². The number of carbonyl (C=O) groups excluding carboxylic acids is 1. The van der Waals surface area contributed by atoms with Gasteiger partial charge in [-0.15, -0.1) is 10.2 Å². The van der Waals surface area contributed by atoms with Crippen LogP contribution in [-0.2, 0) is 4.79 Å². The van der Waals surface area contributed by atoms with Crippen molar-refractivity contribution in [3.05, 3.63) is 6.33 Å². The standard InChI is InChI=1S/C13H20N4O2S/c18-7-11-3-1-2-6-16(11)12(19)8-20-13-15-14-9-17(13)10-4-5-10/h9-11,18H,1-8H2. The molecule has 6 nitrogen and oxygen atoms in total. The summed E-state index contributed by atoms with van der Waals surface area (Å²) in [5.41, 5.74) is 0. The summed E-state index contributed by atoms with van der Waals surface area (Å²) in [5, 5.41) is 18.2. The Balaban J connectivity index is 1.56. The van der Waals surface area contributed by atoms with Crippen molar-refractivity contribution >= 4 is 17.7 Å². The third-order valence-electron chi connectivity index (χ3n) is 3.96. The summed E-state index contributed by atoms with van der Waals surface area (Å²) in [6.45, 7) is 0.828. The minimum Gasteiger partial charge on any atom is -0.394 e. The van der Waals surface area contributed by atoms with Gasteiger partial charge in [-0.05, 0) is 32.1 Å². The maximum absolute atomic E-state index is 12.3. The predicted octanol–water partition coefficient (Wildman–Crippen LogP) is 1.08. The molecule has 1 aliphatic heterocycles. The topological polar surface area (TPSA) is 71.2 Å². The van der Waals surface area contributed by atoms with Crippen molar-refractivity contribution in [3.63, 3.8) is 0 Å². The molecular weight excluding hydrogens is 276 g/mol. The minimum atomic E-state index is -0.00171. The van der Waals surface area contributed by atoms with Crippen LogP contribution in [0, 0.1) is 0 Å². The van der Waals surface area contributed by atoms with Gasteiger partial charge in [0.2, 0.25) is 5.91 Å². The van der Waals surface area contributed by atoms with Crippen molar-refractivity contribution in [1.82, 2.24) is 19.7 Å². The number of amides is 1. The molecule has 1 atom stereocenters. The zero-order chi connectivity index (χ0) is 13.9. The smallest absolute Gasteiger partial charge is 0.233 e. The molecule has 2 fully saturated rings. The second-order valence-corrected chi connectivity index (χ2v) is 6.40. The van der Waals surface area contributed by atoms with Crippen molar-refractivity contribution in [3.8, 4) is 0 Å². The van der Waals surface area contributed by atoms with Crippen LogP contribution in [0.1, 0.15) is 38.1 Å². The Kier molecular flexibility index (Phi) is 4.26. The van der Waals surface area contributed by atoms with Gasteiger partial charge in [0.25, 0.3) is 0 Å². The zero-order valence-corrected chi connectivity index (χ0v) is 12.3. The molecule has 1 saturated heterocycles. The lowest BCUT2D eigenvalue weighted by atomic mass is 10.0. The van der Waals surface area contributed by atoms with E-state index in [1.807, 2.05) is 4.90 Å². The first kappa shape index (κ1) is 13.9. The van der Waals surface area contributed by atoms with E-state index in [0.717, 1.165) is 31.0 Å². The summed E-state index contributed by atoms with van der Waals surface area (Å²) in [4.78, 5) is 14.1. The molecule has 0 bridgehead atoms. The number of hydrogen-bond acceptors (Lipinski definition) is 5. The fourth-order valence-corrected chi connectivity index (χ4v) is 3.53. The SMILES string of the molecule is O=C(CSc1nncn1C1CC1)N1CCCCC1CO. The van der Waals surface area contributed by atoms with Gasteiger partial charge in [0.15, 0.2) is 5.16 Å². The molecule has 1 amide bonds. The lowest BCUT2D eigenvalue weighted by Gasteiger charge is -2.34. The number of carbonyl (C=O) groups is 1. The molecule has 1 N–H and O–H groups in total. The van der Waals surface area contributed by atoms with Crippen LogP contribution in [0.3, 0.4) is 0 Å². The summed E-state index contributed by atoms with van der Waals surface area (Å²) in [5.74, 6) is 0.473. The number of aromatic nitrogens is 3. The number of piperidine rings is 1. The van der Waals surface area contributed by atoms with Crippen molar-refractivity contribution in [2.24, 2.45) is 0 Å². The van der Waals surface area contributed by atoms with Gasteiger partial charge in [-0.3, -0.25) is 4.79 Å². The van der Waals surface area contributed by atoms with E-state index in [4.69, 9.17) is 0 Å². The Labute approximate surface area is 122 Å². The molecule has 3 rings (SSSR count). The average molecular weight is 296 g/mol. The molecule has 1 aliphatic carbocycles. The molecule has 1 saturated carbocycles. The van der Waals surface area contributed by atoms with Gasteiger partial charge in [-0.2, -0.15) is 0 Å². The predicted molar refractivity (Wildman–Crippen MR) is 75.5 cm³/mol. The summed E-state index contributed by atoms with van der Waals surface area (Å²) in [6, 6.07) is 0.529. The number of aliphatic hydroxyl groups is 1. The van der Waals surface area contributed by atoms with E-state index in [-0.39, 0.29) is 18.6 Å². The number of nitrogens with zero attached hydrogens (tertiary/aromatic N) is 4. The van der Waals surface area contributed by atoms with E-state index >= 15 is 0 Å². The van der Waals surface area contributed by atoms with Gasteiger partial charge in [0.1, 0.15) is 6.33 Å². The van der Waals surface area contributed by atoms with Crippen LogP contribution in [0.4, 0.5) is 0 Å². The molecule has 7 heteroatoms. The van der Waals surface area contributed by atoms with Crippen molar-refractivity contribution in [1.29, 1.82) is 0 Å². The van der Waals surface area contributed by atoms with Gasteiger partial charge in [0.05, 0.1) is 18.4 Å². The van der Waals surface area contributed by atoms with Gasteiger partial charge < -0.3 is 14.6 Å². The fourth-order valence-electron chi connectivity index (χ4n) is 2.67. The van der Waals surface area contributed by atoms with Crippen LogP contribution < -0.4 is 0 Å². The third kappa shape index (κ3) is 2.98. The third-order valence-corrected chi connectivity index (χ3v) is 4.91. The largest absolute Gasteiger partial charge is 0.394 e. The van der Waals surface area contributed by atoms with Gasteiger partial charge in [-0.1, -0.05) is 11.8 Å². The second-order valence-electron chi connectivity index (χ2n) is 5.46. The highest BCUT2D eigenvalue weighted by Crippen LogP contribution is 2.37. The maximum atomic E-state index is 12.3. The number of rotatable bonds is 5. The highest BCUT2D eigenvalue weighted by Gasteiger charge is 2.28. The van der Waals surface area contributed by atoms with Crippen LogP contribution in [0.25, 0.3) is 0 Å². The molecular formula is C13H20N4O2S. The van der Waals surface area contributed by atoms with E-state index in [2.05, 4.69) is 14.8 Å². The van der Waals surface area contributed by atoms with Crippen LogP contribution in [0.5, 0.6) is 0 Å². The Morgan fingerprint density at radius 2 is 2.25 bits per heavy atom. The van der Waals surface area contributed by atoms with Crippen LogP contribution >= 0.6 is 11.8 Å². The lowest BCUT2D eigenvalue weighted by molar-refractivity contribution is -0.132. The highest BCUT2D eigenvalue weighted by atomic mass is 32.2. The van der Waals surface area contributed by atoms with Crippen molar-refractivity contribution in [2.45, 2.75) is 49.3 Å². The Morgan fingerprint density at radius 1 is 1.40 bits per heavy atom. The molecule has 2 aliphatic rings. The fraction of sp³-hybridized carbons (Fsp3) is 0.769. The first-order valence-electron chi connectivity index (χ1n) is 7.22. The number of aliphatic hydroxyl groups excluding tert-OH is 1. The van der Waals surface area contributed by atoms with Gasteiger partial charge >= 0.3 is 0 Å². The summed E-state index contributed by atoms with van der Waals surface area (Å²) < 4.78 is 2.07. The molecule has 0 spiro atoms. The molecule has 1 aromatic heterocycles. The first-order valence-corrected chi connectivity index (χ1v) is 8.21. The van der Waals surface area contributed by atoms with E-state index in [0.29, 0.717) is 11.8 Å². The van der Waals surface area contributed by atoms with E-state index < -0.39 is 0 Å². The van der Waals surface area contributed by atoms with E-state index in [9.17, 15) is 9.90 Å². The number of hydrogen-bond donors (Lipinski definition) is 1. The van der Waals surface area contributed by atoms with Crippen molar-refractivity contribution < 1.29 is 9.90 Å². The first-order chi connectivity index (χ1) is 9.79. The normalized spacial score (nSPS) is 23.1. The number of thioether (sulfide) groups is 1. The molecule has 0 radical (unpaired) electrons. The van der Waals surface area contributed by atoms with Crippen LogP contribution in [0.2, 0.25) is 0 Å². The summed E-state index contributed by atoms with van der Waals surface area (Å²) in [6.07, 6.45) is 7.15. The molecule has 110 valence electrons. The zero-order valence-electron chi connectivity index (χ0n) is 11.4. The van der Waals surface area contributed by atoms with Crippen LogP contribution in [-0.4, -0.2) is 55.6 Å². The second kappa shape index (κ2) is 6.13. The number of likely N-dealkylation sites (tertiary alicyclic amines) is 1. The average Bonchev–Trinajstić information content (AvgIpc) is 3.23. The van der Waals surface area contributed by atoms with E-state index in [1.165, 1.54) is 24.6 Å². The van der Waals surface area contributed by atoms with Gasteiger partial charge in [-0.25, -0.2) is 0 Å². The maximum Gasteiger partial charge on any atom is 0.233 e. The molecule has 2 heterocycles. The summed E-state index contributed by atoms with van der Waals surface area (Å²) >= 11 is 1.45. The molecule has 0 aromatic carbocycles. The highest BCUT2D eigenvalue weighted by molar-refractivity contribution is 7.99. The monoisotopic (exact) mass is 296 g/mol.